The summed E-state index contributed by atoms with van der Waals surface area (Å²) in [6.07, 6.45) is 10.1. The number of nitrogens with one attached hydrogen (secondary N) is 1. The second-order valence-electron chi connectivity index (χ2n) is 8.16. The largest absolute Gasteiger partial charge is 0.354 e. The number of benzene rings is 1. The Morgan fingerprint density at radius 1 is 1.03 bits per heavy atom. The number of carbonyl (C=O) groups excluding carboxylic acids is 1. The van der Waals surface area contributed by atoms with Gasteiger partial charge in [0.15, 0.2) is 0 Å². The number of nitrogens with zero attached hydrogens (tertiary/aromatic N) is 2. The van der Waals surface area contributed by atoms with E-state index in [2.05, 4.69) is 5.32 Å². The van der Waals surface area contributed by atoms with Gasteiger partial charge < -0.3 is 5.32 Å². The first-order chi connectivity index (χ1) is 14.0. The lowest BCUT2D eigenvalue weighted by Crippen LogP contribution is -2.50. The molecule has 1 heterocycles. The molecule has 2 fully saturated rings. The molecule has 0 spiro atoms. The van der Waals surface area contributed by atoms with E-state index in [1.807, 2.05) is 6.07 Å². The van der Waals surface area contributed by atoms with Crippen LogP contribution in [0.3, 0.4) is 0 Å². The van der Waals surface area contributed by atoms with Gasteiger partial charge in [-0.25, -0.2) is 8.42 Å². The van der Waals surface area contributed by atoms with Gasteiger partial charge in [-0.2, -0.15) is 9.57 Å². The Hall–Kier alpha value is -1.91. The number of nitriles is 1. The fourth-order valence-corrected chi connectivity index (χ4v) is 6.32. The summed E-state index contributed by atoms with van der Waals surface area (Å²) in [6, 6.07) is 8.05. The van der Waals surface area contributed by atoms with Crippen molar-refractivity contribution in [1.82, 2.24) is 9.62 Å². The maximum absolute atomic E-state index is 13.3. The van der Waals surface area contributed by atoms with Crippen LogP contribution in [0.1, 0.15) is 69.8 Å². The lowest BCUT2D eigenvalue weighted by molar-refractivity contribution is -0.125. The van der Waals surface area contributed by atoms with Crippen molar-refractivity contribution in [2.45, 2.75) is 75.1 Å². The predicted molar refractivity (Wildman–Crippen MR) is 112 cm³/mol. The molecule has 1 aromatic carbocycles. The zero-order valence-corrected chi connectivity index (χ0v) is 17.8. The molecule has 1 atom stereocenters. The Kier molecular flexibility index (Phi) is 7.68. The highest BCUT2D eigenvalue weighted by atomic mass is 32.2. The second kappa shape index (κ2) is 10.2. The monoisotopic (exact) mass is 417 g/mol. The molecule has 1 aliphatic carbocycles. The van der Waals surface area contributed by atoms with Crippen molar-refractivity contribution in [3.63, 3.8) is 0 Å². The highest BCUT2D eigenvalue weighted by molar-refractivity contribution is 7.89. The lowest BCUT2D eigenvalue weighted by atomic mass is 9.90. The number of rotatable bonds is 5. The maximum atomic E-state index is 13.3. The Balaban J connectivity index is 1.69. The van der Waals surface area contributed by atoms with Crippen LogP contribution in [0, 0.1) is 17.2 Å². The van der Waals surface area contributed by atoms with Gasteiger partial charge in [-0.1, -0.05) is 50.7 Å². The van der Waals surface area contributed by atoms with E-state index in [1.54, 1.807) is 12.1 Å². The summed E-state index contributed by atoms with van der Waals surface area (Å²) in [5.41, 5.74) is 0.162. The van der Waals surface area contributed by atoms with E-state index in [4.69, 9.17) is 0 Å². The number of carbonyl (C=O) groups is 1. The van der Waals surface area contributed by atoms with Crippen molar-refractivity contribution in [3.05, 3.63) is 29.8 Å². The molecular weight excluding hydrogens is 386 g/mol. The van der Waals surface area contributed by atoms with E-state index in [0.717, 1.165) is 44.9 Å². The standard InChI is InChI=1S/C22H31N3O3S/c23-16-19-12-6-7-14-21(19)29(27,28)25-15-9-8-13-20(25)17-24-22(26)18-10-4-2-1-3-5-11-18/h6-7,12,14,18,20H,1-5,8-11,13,15,17H2,(H,24,26). The fraction of sp³-hybridized carbons (Fsp3) is 0.636. The van der Waals surface area contributed by atoms with Crippen LogP contribution in [0.4, 0.5) is 0 Å². The average Bonchev–Trinajstić information content (AvgIpc) is 2.72. The molecule has 7 heteroatoms. The third kappa shape index (κ3) is 5.37. The fourth-order valence-electron chi connectivity index (χ4n) is 4.49. The molecule has 1 amide bonds. The number of hydrogen-bond acceptors (Lipinski definition) is 4. The van der Waals surface area contributed by atoms with Gasteiger partial charge in [0.2, 0.25) is 15.9 Å². The maximum Gasteiger partial charge on any atom is 0.244 e. The molecule has 1 aliphatic heterocycles. The number of sulfonamides is 1. The van der Waals surface area contributed by atoms with E-state index >= 15 is 0 Å². The molecule has 158 valence electrons. The third-order valence-corrected chi connectivity index (χ3v) is 8.17. The number of amides is 1. The molecule has 0 bridgehead atoms. The highest BCUT2D eigenvalue weighted by Crippen LogP contribution is 2.27. The van der Waals surface area contributed by atoms with Gasteiger partial charge >= 0.3 is 0 Å². The van der Waals surface area contributed by atoms with Crippen LogP contribution >= 0.6 is 0 Å². The van der Waals surface area contributed by atoms with Crippen LogP contribution in [-0.2, 0) is 14.8 Å². The first-order valence-electron chi connectivity index (χ1n) is 10.8. The summed E-state index contributed by atoms with van der Waals surface area (Å²) in [4.78, 5) is 12.8. The van der Waals surface area contributed by atoms with Gasteiger partial charge in [0.05, 0.1) is 10.5 Å². The molecule has 0 radical (unpaired) electrons. The molecule has 3 rings (SSSR count). The molecule has 1 saturated heterocycles. The Labute approximate surface area is 174 Å². The summed E-state index contributed by atoms with van der Waals surface area (Å²) in [7, 11) is -3.78. The predicted octanol–water partition coefficient (Wildman–Crippen LogP) is 3.58. The van der Waals surface area contributed by atoms with Crippen molar-refractivity contribution in [3.8, 4) is 6.07 Å². The highest BCUT2D eigenvalue weighted by Gasteiger charge is 2.35. The van der Waals surface area contributed by atoms with Crippen LogP contribution in [0.25, 0.3) is 0 Å². The normalized spacial score (nSPS) is 22.2. The summed E-state index contributed by atoms with van der Waals surface area (Å²) in [6.45, 7) is 0.759. The Morgan fingerprint density at radius 2 is 1.69 bits per heavy atom. The second-order valence-corrected chi connectivity index (χ2v) is 10.0. The van der Waals surface area contributed by atoms with Gasteiger partial charge in [-0.15, -0.1) is 0 Å². The Bertz CT molecular complexity index is 839. The van der Waals surface area contributed by atoms with E-state index in [1.165, 1.54) is 35.7 Å². The number of hydrogen-bond donors (Lipinski definition) is 1. The molecular formula is C22H31N3O3S. The average molecular weight is 418 g/mol. The molecule has 1 saturated carbocycles. The lowest BCUT2D eigenvalue weighted by Gasteiger charge is -2.35. The first kappa shape index (κ1) is 21.8. The van der Waals surface area contributed by atoms with E-state index in [9.17, 15) is 18.5 Å². The van der Waals surface area contributed by atoms with Crippen molar-refractivity contribution < 1.29 is 13.2 Å². The molecule has 1 unspecified atom stereocenters. The summed E-state index contributed by atoms with van der Waals surface area (Å²) in [5.74, 6) is 0.107. The van der Waals surface area contributed by atoms with Gasteiger partial charge in [-0.3, -0.25) is 4.79 Å². The molecule has 29 heavy (non-hydrogen) atoms. The molecule has 0 aromatic heterocycles. The Morgan fingerprint density at radius 3 is 2.41 bits per heavy atom. The molecule has 1 N–H and O–H groups in total. The van der Waals surface area contributed by atoms with Crippen LogP contribution in [-0.4, -0.2) is 37.8 Å². The van der Waals surface area contributed by atoms with Gasteiger partial charge in [0.1, 0.15) is 6.07 Å². The molecule has 1 aromatic rings. The van der Waals surface area contributed by atoms with Crippen molar-refractivity contribution >= 4 is 15.9 Å². The van der Waals surface area contributed by atoms with Crippen LogP contribution < -0.4 is 5.32 Å². The minimum Gasteiger partial charge on any atom is -0.354 e. The summed E-state index contributed by atoms with van der Waals surface area (Å²) in [5, 5.41) is 12.4. The van der Waals surface area contributed by atoms with Gasteiger partial charge in [0.25, 0.3) is 0 Å². The zero-order valence-electron chi connectivity index (χ0n) is 17.0. The van der Waals surface area contributed by atoms with Gasteiger partial charge in [-0.05, 0) is 37.8 Å². The van der Waals surface area contributed by atoms with Crippen LogP contribution in [0.2, 0.25) is 0 Å². The van der Waals surface area contributed by atoms with Crippen molar-refractivity contribution in [2.24, 2.45) is 5.92 Å². The van der Waals surface area contributed by atoms with E-state index in [-0.39, 0.29) is 28.3 Å². The minimum absolute atomic E-state index is 0.0447. The SMILES string of the molecule is N#Cc1ccccc1S(=O)(=O)N1CCCCC1CNC(=O)C1CCCCCCC1. The van der Waals surface area contributed by atoms with Gasteiger partial charge in [0, 0.05) is 25.0 Å². The topological polar surface area (TPSA) is 90.3 Å². The first-order valence-corrected chi connectivity index (χ1v) is 12.3. The zero-order chi connectivity index (χ0) is 20.7. The van der Waals surface area contributed by atoms with Crippen LogP contribution in [0.5, 0.6) is 0 Å². The van der Waals surface area contributed by atoms with Crippen LogP contribution in [0.15, 0.2) is 29.2 Å². The van der Waals surface area contributed by atoms with E-state index in [0.29, 0.717) is 13.1 Å². The molecule has 2 aliphatic rings. The number of piperidine rings is 1. The minimum atomic E-state index is -3.78. The van der Waals surface area contributed by atoms with Crippen molar-refractivity contribution in [2.75, 3.05) is 13.1 Å². The van der Waals surface area contributed by atoms with E-state index < -0.39 is 10.0 Å². The summed E-state index contributed by atoms with van der Waals surface area (Å²) < 4.78 is 28.0. The molecule has 6 nitrogen and oxygen atoms in total. The summed E-state index contributed by atoms with van der Waals surface area (Å²) >= 11 is 0. The third-order valence-electron chi connectivity index (χ3n) is 6.16. The quantitative estimate of drug-likeness (QED) is 0.793. The smallest absolute Gasteiger partial charge is 0.244 e. The van der Waals surface area contributed by atoms with Crippen molar-refractivity contribution in [1.29, 1.82) is 5.26 Å².